The molecule has 0 atom stereocenters. The molecule has 0 saturated heterocycles. The van der Waals surface area contributed by atoms with E-state index in [1.54, 1.807) is 24.3 Å². The zero-order valence-electron chi connectivity index (χ0n) is 23.5. The van der Waals surface area contributed by atoms with Crippen LogP contribution in [0, 0.1) is 11.6 Å². The molecule has 7 rings (SSSR count). The van der Waals surface area contributed by atoms with Gasteiger partial charge >= 0.3 is 0 Å². The SMILES string of the molecule is Oc1c(-c2ccc(F)cc2)csc1-c1ccccc1-c1cccc(-c2ccccc2-c2scc(-c3ccc(F)cc3)c2O)n1.[Hf]. The number of benzene rings is 4. The molecule has 0 aliphatic carbocycles. The molecule has 0 saturated carbocycles. The van der Waals surface area contributed by atoms with Crippen LogP contribution in [0.15, 0.2) is 126 Å². The van der Waals surface area contributed by atoms with Gasteiger partial charge in [-0.3, -0.25) is 0 Å². The van der Waals surface area contributed by atoms with E-state index >= 15 is 0 Å². The fraction of sp³-hybridized carbons (Fsp3) is 0. The molecule has 0 radical (unpaired) electrons. The van der Waals surface area contributed by atoms with Crippen molar-refractivity contribution >= 4 is 22.7 Å². The van der Waals surface area contributed by atoms with Gasteiger partial charge in [0.05, 0.1) is 21.1 Å². The van der Waals surface area contributed by atoms with E-state index in [-0.39, 0.29) is 49.0 Å². The zero-order valence-corrected chi connectivity index (χ0v) is 28.8. The fourth-order valence-corrected chi connectivity index (χ4v) is 7.32. The van der Waals surface area contributed by atoms with Crippen LogP contribution < -0.4 is 0 Å². The molecule has 0 spiro atoms. The minimum absolute atomic E-state index is 0. The van der Waals surface area contributed by atoms with Gasteiger partial charge < -0.3 is 10.2 Å². The van der Waals surface area contributed by atoms with Crippen molar-refractivity contribution in [1.82, 2.24) is 4.98 Å². The molecule has 218 valence electrons. The molecule has 3 nitrogen and oxygen atoms in total. The van der Waals surface area contributed by atoms with Crippen LogP contribution in [0.4, 0.5) is 8.78 Å². The maximum Gasteiger partial charge on any atom is 0.142 e. The Labute approximate surface area is 285 Å². The number of hydrogen-bond acceptors (Lipinski definition) is 5. The summed E-state index contributed by atoms with van der Waals surface area (Å²) in [5.74, 6) is -0.380. The third kappa shape index (κ3) is 5.93. The van der Waals surface area contributed by atoms with Crippen molar-refractivity contribution in [2.75, 3.05) is 0 Å². The Hall–Kier alpha value is -4.24. The van der Waals surface area contributed by atoms with Gasteiger partial charge in [-0.25, -0.2) is 13.8 Å². The van der Waals surface area contributed by atoms with Crippen LogP contribution in [0.25, 0.3) is 65.6 Å². The summed E-state index contributed by atoms with van der Waals surface area (Å²) >= 11 is 2.84. The minimum Gasteiger partial charge on any atom is -0.506 e. The maximum absolute atomic E-state index is 13.5. The molecule has 0 bridgehead atoms. The van der Waals surface area contributed by atoms with Gasteiger partial charge in [-0.1, -0.05) is 78.9 Å². The van der Waals surface area contributed by atoms with Gasteiger partial charge in [0.15, 0.2) is 0 Å². The second-order valence-electron chi connectivity index (χ2n) is 10.2. The summed E-state index contributed by atoms with van der Waals surface area (Å²) in [5, 5.41) is 26.3. The molecule has 2 N–H and O–H groups in total. The fourth-order valence-electron chi connectivity index (χ4n) is 5.30. The first kappa shape index (κ1) is 30.8. The number of thiophene rings is 2. The van der Waals surface area contributed by atoms with E-state index < -0.39 is 0 Å². The number of hydrogen-bond donors (Lipinski definition) is 2. The first-order valence-corrected chi connectivity index (χ1v) is 15.5. The Kier molecular flexibility index (Phi) is 8.90. The number of aromatic hydroxyl groups is 2. The molecule has 0 fully saturated rings. The second kappa shape index (κ2) is 13.0. The molecule has 0 aliphatic heterocycles. The van der Waals surface area contributed by atoms with E-state index in [0.717, 1.165) is 44.8 Å². The third-order valence-electron chi connectivity index (χ3n) is 7.48. The van der Waals surface area contributed by atoms with E-state index in [1.807, 2.05) is 77.5 Å². The standard InChI is InChI=1S/C37H23F2NO2S2.Hf/c38-24-16-12-22(13-17-24)30-20-43-36(34(30)41)28-8-3-1-6-26(28)32-10-5-11-33(40-32)27-7-2-4-9-29(27)37-35(42)31(21-44-37)23-14-18-25(39)19-15-23;/h1-21,41-42H;. The van der Waals surface area contributed by atoms with E-state index in [0.29, 0.717) is 20.9 Å². The van der Waals surface area contributed by atoms with Crippen LogP contribution in [0.2, 0.25) is 0 Å². The largest absolute Gasteiger partial charge is 0.506 e. The molecule has 3 heterocycles. The summed E-state index contributed by atoms with van der Waals surface area (Å²) in [7, 11) is 0. The Morgan fingerprint density at radius 2 is 0.822 bits per heavy atom. The van der Waals surface area contributed by atoms with Crippen molar-refractivity contribution in [3.05, 3.63) is 138 Å². The first-order chi connectivity index (χ1) is 21.5. The van der Waals surface area contributed by atoms with Crippen molar-refractivity contribution in [2.24, 2.45) is 0 Å². The summed E-state index contributed by atoms with van der Waals surface area (Å²) in [6, 6.07) is 33.6. The van der Waals surface area contributed by atoms with Gasteiger partial charge in [0, 0.05) is 70.0 Å². The average Bonchev–Trinajstić information content (AvgIpc) is 3.64. The Morgan fingerprint density at radius 1 is 0.444 bits per heavy atom. The molecule has 0 aliphatic rings. The number of pyridine rings is 1. The molecule has 3 aromatic heterocycles. The number of rotatable bonds is 6. The topological polar surface area (TPSA) is 53.4 Å². The van der Waals surface area contributed by atoms with Crippen LogP contribution in [0.1, 0.15) is 0 Å². The second-order valence-corrected chi connectivity index (χ2v) is 11.9. The van der Waals surface area contributed by atoms with Crippen LogP contribution in [0.5, 0.6) is 11.5 Å². The molecule has 45 heavy (non-hydrogen) atoms. The van der Waals surface area contributed by atoms with E-state index in [2.05, 4.69) is 0 Å². The smallest absolute Gasteiger partial charge is 0.142 e. The van der Waals surface area contributed by atoms with Crippen molar-refractivity contribution < 1.29 is 44.8 Å². The van der Waals surface area contributed by atoms with Crippen molar-refractivity contribution in [2.45, 2.75) is 0 Å². The first-order valence-electron chi connectivity index (χ1n) is 13.8. The van der Waals surface area contributed by atoms with Gasteiger partial charge in [0.2, 0.25) is 0 Å². The quantitative estimate of drug-likeness (QED) is 0.165. The minimum atomic E-state index is -0.329. The molecule has 0 unspecified atom stereocenters. The van der Waals surface area contributed by atoms with Crippen molar-refractivity contribution in [1.29, 1.82) is 0 Å². The molecular formula is C37H23F2HfNO2S2. The summed E-state index contributed by atoms with van der Waals surface area (Å²) in [6.45, 7) is 0. The number of halogens is 2. The van der Waals surface area contributed by atoms with Crippen molar-refractivity contribution in [3.63, 3.8) is 0 Å². The third-order valence-corrected chi connectivity index (χ3v) is 9.49. The Balaban J connectivity index is 0.00000357. The van der Waals surface area contributed by atoms with Gasteiger partial charge in [-0.2, -0.15) is 0 Å². The molecule has 0 amide bonds. The summed E-state index contributed by atoms with van der Waals surface area (Å²) < 4.78 is 27.0. The van der Waals surface area contributed by atoms with E-state index in [4.69, 9.17) is 4.98 Å². The van der Waals surface area contributed by atoms with E-state index in [9.17, 15) is 19.0 Å². The Bertz CT molecular complexity index is 1970. The molecule has 7 aromatic rings. The predicted molar refractivity (Wildman–Crippen MR) is 176 cm³/mol. The number of aromatic nitrogens is 1. The molecule has 4 aromatic carbocycles. The molecule has 8 heteroatoms. The zero-order chi connectivity index (χ0) is 30.2. The van der Waals surface area contributed by atoms with Crippen LogP contribution in [0.3, 0.4) is 0 Å². The average molecular weight is 794 g/mol. The maximum atomic E-state index is 13.5. The summed E-state index contributed by atoms with van der Waals surface area (Å²) in [4.78, 5) is 6.45. The predicted octanol–water partition coefficient (Wildman–Crippen LogP) is 10.9. The normalized spacial score (nSPS) is 10.9. The van der Waals surface area contributed by atoms with Gasteiger partial charge in [0.25, 0.3) is 0 Å². The van der Waals surface area contributed by atoms with Gasteiger partial charge in [-0.15, -0.1) is 22.7 Å². The van der Waals surface area contributed by atoms with Gasteiger partial charge in [0.1, 0.15) is 23.1 Å². The Morgan fingerprint density at radius 3 is 1.22 bits per heavy atom. The van der Waals surface area contributed by atoms with Crippen LogP contribution in [-0.4, -0.2) is 15.2 Å². The monoisotopic (exact) mass is 795 g/mol. The van der Waals surface area contributed by atoms with Gasteiger partial charge in [-0.05, 0) is 47.5 Å². The van der Waals surface area contributed by atoms with Crippen molar-refractivity contribution in [3.8, 4) is 77.1 Å². The van der Waals surface area contributed by atoms with Crippen LogP contribution in [-0.2, 0) is 25.8 Å². The summed E-state index contributed by atoms with van der Waals surface area (Å²) in [5.41, 5.74) is 7.59. The summed E-state index contributed by atoms with van der Waals surface area (Å²) in [6.07, 6.45) is 0. The molecular weight excluding hydrogens is 771 g/mol. The number of nitrogens with zero attached hydrogens (tertiary/aromatic N) is 1. The van der Waals surface area contributed by atoms with Crippen LogP contribution >= 0.6 is 22.7 Å². The van der Waals surface area contributed by atoms with E-state index in [1.165, 1.54) is 46.9 Å².